The second-order valence-corrected chi connectivity index (χ2v) is 5.01. The highest BCUT2D eigenvalue weighted by molar-refractivity contribution is 5.82. The Labute approximate surface area is 135 Å². The Bertz CT molecular complexity index is 684. The molecule has 1 N–H and O–H groups in total. The van der Waals surface area contributed by atoms with E-state index in [9.17, 15) is 4.79 Å². The summed E-state index contributed by atoms with van der Waals surface area (Å²) < 4.78 is 11.4. The lowest BCUT2D eigenvalue weighted by molar-refractivity contribution is -0.118. The molecule has 1 atom stereocenters. The highest BCUT2D eigenvalue weighted by atomic mass is 16.5. The van der Waals surface area contributed by atoms with Crippen molar-refractivity contribution in [1.82, 2.24) is 5.43 Å². The first-order valence-electron chi connectivity index (χ1n) is 7.29. The first-order chi connectivity index (χ1) is 11.1. The SMILES string of the molecule is COc1cc(C=NNC(C)=O)ccc1OC(C)c1ccccc1. The number of nitrogens with zero attached hydrogens (tertiary/aromatic N) is 1. The number of carbonyl (C=O) groups excluding carboxylic acids is 1. The van der Waals surface area contributed by atoms with E-state index >= 15 is 0 Å². The van der Waals surface area contributed by atoms with Crippen LogP contribution < -0.4 is 14.9 Å². The molecular formula is C18H20N2O3. The molecule has 2 aromatic carbocycles. The van der Waals surface area contributed by atoms with Crippen LogP contribution in [0.25, 0.3) is 0 Å². The molecule has 1 unspecified atom stereocenters. The van der Waals surface area contributed by atoms with Crippen molar-refractivity contribution in [2.45, 2.75) is 20.0 Å². The lowest BCUT2D eigenvalue weighted by Gasteiger charge is -2.17. The van der Waals surface area contributed by atoms with Gasteiger partial charge in [0.25, 0.3) is 0 Å². The first-order valence-corrected chi connectivity index (χ1v) is 7.29. The maximum absolute atomic E-state index is 10.8. The van der Waals surface area contributed by atoms with E-state index in [1.54, 1.807) is 19.4 Å². The van der Waals surface area contributed by atoms with E-state index in [4.69, 9.17) is 9.47 Å². The number of hydrogen-bond donors (Lipinski definition) is 1. The van der Waals surface area contributed by atoms with E-state index in [1.807, 2.05) is 49.4 Å². The molecule has 23 heavy (non-hydrogen) atoms. The molecule has 120 valence electrons. The van der Waals surface area contributed by atoms with Crippen LogP contribution in [-0.2, 0) is 4.79 Å². The Morgan fingerprint density at radius 2 is 1.91 bits per heavy atom. The number of nitrogens with one attached hydrogen (secondary N) is 1. The summed E-state index contributed by atoms with van der Waals surface area (Å²) in [6.07, 6.45) is 1.46. The second kappa shape index (κ2) is 7.98. The molecule has 0 aliphatic rings. The van der Waals surface area contributed by atoms with Crippen molar-refractivity contribution >= 4 is 12.1 Å². The van der Waals surface area contributed by atoms with Crippen LogP contribution in [0.4, 0.5) is 0 Å². The molecule has 0 bridgehead atoms. The molecule has 0 aliphatic heterocycles. The van der Waals surface area contributed by atoms with E-state index in [0.717, 1.165) is 11.1 Å². The Morgan fingerprint density at radius 3 is 2.57 bits per heavy atom. The number of benzene rings is 2. The number of hydrogen-bond acceptors (Lipinski definition) is 4. The van der Waals surface area contributed by atoms with Crippen LogP contribution in [0.2, 0.25) is 0 Å². The Kier molecular flexibility index (Phi) is 5.74. The Morgan fingerprint density at radius 1 is 1.17 bits per heavy atom. The number of rotatable bonds is 6. The molecule has 0 spiro atoms. The van der Waals surface area contributed by atoms with E-state index in [1.165, 1.54) is 6.92 Å². The van der Waals surface area contributed by atoms with Crippen molar-refractivity contribution in [2.75, 3.05) is 7.11 Å². The lowest BCUT2D eigenvalue weighted by Crippen LogP contribution is -2.12. The number of carbonyl (C=O) groups is 1. The molecule has 2 rings (SSSR count). The molecule has 1 amide bonds. The number of hydrazone groups is 1. The fourth-order valence-corrected chi connectivity index (χ4v) is 2.04. The van der Waals surface area contributed by atoms with Gasteiger partial charge in [0.15, 0.2) is 11.5 Å². The van der Waals surface area contributed by atoms with Gasteiger partial charge in [0.2, 0.25) is 5.91 Å². The zero-order chi connectivity index (χ0) is 16.7. The standard InChI is InChI=1S/C18H20N2O3/c1-13(16-7-5-4-6-8-16)23-17-10-9-15(11-18(17)22-3)12-19-20-14(2)21/h4-13H,1-3H3,(H,20,21). The highest BCUT2D eigenvalue weighted by Gasteiger charge is 2.11. The summed E-state index contributed by atoms with van der Waals surface area (Å²) in [7, 11) is 1.59. The molecule has 0 heterocycles. The molecule has 0 radical (unpaired) electrons. The van der Waals surface area contributed by atoms with Gasteiger partial charge in [-0.1, -0.05) is 30.3 Å². The molecule has 0 fully saturated rings. The molecule has 2 aromatic rings. The summed E-state index contributed by atoms with van der Waals surface area (Å²) in [5.74, 6) is 1.05. The number of amides is 1. The van der Waals surface area contributed by atoms with E-state index < -0.39 is 0 Å². The predicted molar refractivity (Wildman–Crippen MR) is 89.9 cm³/mol. The van der Waals surface area contributed by atoms with Gasteiger partial charge in [-0.05, 0) is 36.2 Å². The summed E-state index contributed by atoms with van der Waals surface area (Å²) >= 11 is 0. The quantitative estimate of drug-likeness (QED) is 0.657. The van der Waals surface area contributed by atoms with Crippen LogP contribution in [0.3, 0.4) is 0 Å². The smallest absolute Gasteiger partial charge is 0.236 e. The Balaban J connectivity index is 2.13. The van der Waals surface area contributed by atoms with Gasteiger partial charge in [0, 0.05) is 6.92 Å². The summed E-state index contributed by atoms with van der Waals surface area (Å²) in [5, 5.41) is 3.83. The van der Waals surface area contributed by atoms with Gasteiger partial charge in [-0.25, -0.2) is 5.43 Å². The van der Waals surface area contributed by atoms with Gasteiger partial charge in [-0.2, -0.15) is 5.10 Å². The molecule has 0 aromatic heterocycles. The molecule has 0 aliphatic carbocycles. The van der Waals surface area contributed by atoms with Gasteiger partial charge in [-0.3, -0.25) is 4.79 Å². The van der Waals surface area contributed by atoms with E-state index in [2.05, 4.69) is 10.5 Å². The predicted octanol–water partition coefficient (Wildman–Crippen LogP) is 3.31. The maximum atomic E-state index is 10.8. The highest BCUT2D eigenvalue weighted by Crippen LogP contribution is 2.31. The molecule has 5 heteroatoms. The zero-order valence-electron chi connectivity index (χ0n) is 13.4. The molecule has 5 nitrogen and oxygen atoms in total. The van der Waals surface area contributed by atoms with Crippen molar-refractivity contribution in [1.29, 1.82) is 0 Å². The van der Waals surface area contributed by atoms with Crippen molar-refractivity contribution in [3.8, 4) is 11.5 Å². The minimum atomic E-state index is -0.218. The monoisotopic (exact) mass is 312 g/mol. The summed E-state index contributed by atoms with van der Waals surface area (Å²) in [5.41, 5.74) is 4.25. The minimum absolute atomic E-state index is 0.0935. The average molecular weight is 312 g/mol. The van der Waals surface area contributed by atoms with Gasteiger partial charge < -0.3 is 9.47 Å². The van der Waals surface area contributed by atoms with Crippen molar-refractivity contribution in [3.05, 3.63) is 59.7 Å². The third-order valence-corrected chi connectivity index (χ3v) is 3.20. The summed E-state index contributed by atoms with van der Waals surface area (Å²) in [6.45, 7) is 3.39. The summed E-state index contributed by atoms with van der Waals surface area (Å²) in [6, 6.07) is 15.5. The van der Waals surface area contributed by atoms with Crippen LogP contribution in [0.1, 0.15) is 31.1 Å². The molecule has 0 saturated heterocycles. The zero-order valence-corrected chi connectivity index (χ0v) is 13.4. The average Bonchev–Trinajstić information content (AvgIpc) is 2.56. The van der Waals surface area contributed by atoms with Crippen molar-refractivity contribution in [3.63, 3.8) is 0 Å². The topological polar surface area (TPSA) is 59.9 Å². The largest absolute Gasteiger partial charge is 0.493 e. The third-order valence-electron chi connectivity index (χ3n) is 3.20. The van der Waals surface area contributed by atoms with Gasteiger partial charge in [0.1, 0.15) is 6.10 Å². The third kappa shape index (κ3) is 4.85. The van der Waals surface area contributed by atoms with Crippen molar-refractivity contribution in [2.24, 2.45) is 5.10 Å². The summed E-state index contributed by atoms with van der Waals surface area (Å²) in [4.78, 5) is 10.8. The van der Waals surface area contributed by atoms with Crippen LogP contribution in [-0.4, -0.2) is 19.2 Å². The van der Waals surface area contributed by atoms with Crippen LogP contribution >= 0.6 is 0 Å². The Hall–Kier alpha value is -2.82. The fourth-order valence-electron chi connectivity index (χ4n) is 2.04. The fraction of sp³-hybridized carbons (Fsp3) is 0.222. The number of methoxy groups -OCH3 is 1. The van der Waals surface area contributed by atoms with Gasteiger partial charge in [-0.15, -0.1) is 0 Å². The second-order valence-electron chi connectivity index (χ2n) is 5.01. The van der Waals surface area contributed by atoms with Gasteiger partial charge >= 0.3 is 0 Å². The van der Waals surface area contributed by atoms with Gasteiger partial charge in [0.05, 0.1) is 13.3 Å². The van der Waals surface area contributed by atoms with E-state index in [-0.39, 0.29) is 12.0 Å². The molecular weight excluding hydrogens is 292 g/mol. The minimum Gasteiger partial charge on any atom is -0.493 e. The van der Waals surface area contributed by atoms with Crippen molar-refractivity contribution < 1.29 is 14.3 Å². The van der Waals surface area contributed by atoms with E-state index in [0.29, 0.717) is 11.5 Å². The number of ether oxygens (including phenoxy) is 2. The lowest BCUT2D eigenvalue weighted by atomic mass is 10.1. The normalized spacial score (nSPS) is 12.0. The first kappa shape index (κ1) is 16.5. The van der Waals surface area contributed by atoms with Crippen LogP contribution in [0, 0.1) is 0 Å². The van der Waals surface area contributed by atoms with Crippen LogP contribution in [0.15, 0.2) is 53.6 Å². The van der Waals surface area contributed by atoms with Crippen LogP contribution in [0.5, 0.6) is 11.5 Å². The molecule has 0 saturated carbocycles. The maximum Gasteiger partial charge on any atom is 0.236 e.